The second-order valence-corrected chi connectivity index (χ2v) is 4.24. The highest BCUT2D eigenvalue weighted by atomic mass is 79.9. The van der Waals surface area contributed by atoms with E-state index in [-0.39, 0.29) is 17.4 Å². The van der Waals surface area contributed by atoms with Crippen molar-refractivity contribution in [1.82, 2.24) is 5.32 Å². The van der Waals surface area contributed by atoms with Crippen LogP contribution in [0, 0.1) is 5.41 Å². The largest absolute Gasteiger partial charge is 0.352 e. The van der Waals surface area contributed by atoms with Crippen molar-refractivity contribution >= 4 is 21.8 Å². The van der Waals surface area contributed by atoms with Gasteiger partial charge in [0.2, 0.25) is 5.91 Å². The van der Waals surface area contributed by atoms with Crippen LogP contribution in [0.4, 0.5) is 0 Å². The van der Waals surface area contributed by atoms with Crippen molar-refractivity contribution in [2.24, 2.45) is 5.41 Å². The molecule has 1 aliphatic carbocycles. The van der Waals surface area contributed by atoms with E-state index in [2.05, 4.69) is 21.2 Å². The van der Waals surface area contributed by atoms with E-state index in [1.165, 1.54) is 0 Å². The van der Waals surface area contributed by atoms with Gasteiger partial charge < -0.3 is 5.32 Å². The number of hydrogen-bond donors (Lipinski definition) is 1. The standard InChI is InChI=1S/C8H14BrNO/c1-6(5-9)10-7(11)8(2)3-4-8/h6H,3-5H2,1-2H3,(H,10,11). The molecule has 0 bridgehead atoms. The van der Waals surface area contributed by atoms with Crippen molar-refractivity contribution in [1.29, 1.82) is 0 Å². The van der Waals surface area contributed by atoms with Gasteiger partial charge in [-0.3, -0.25) is 4.79 Å². The molecule has 11 heavy (non-hydrogen) atoms. The molecule has 1 fully saturated rings. The topological polar surface area (TPSA) is 29.1 Å². The molecule has 64 valence electrons. The first kappa shape index (κ1) is 9.04. The van der Waals surface area contributed by atoms with Crippen molar-refractivity contribution in [2.45, 2.75) is 32.7 Å². The summed E-state index contributed by atoms with van der Waals surface area (Å²) in [6.45, 7) is 4.02. The summed E-state index contributed by atoms with van der Waals surface area (Å²) in [6, 6.07) is 0.250. The Labute approximate surface area is 75.9 Å². The predicted octanol–water partition coefficient (Wildman–Crippen LogP) is 1.69. The molecule has 0 aromatic carbocycles. The molecule has 0 heterocycles. The molecule has 0 radical (unpaired) electrons. The van der Waals surface area contributed by atoms with Crippen molar-refractivity contribution in [2.75, 3.05) is 5.33 Å². The van der Waals surface area contributed by atoms with Gasteiger partial charge in [-0.05, 0) is 19.8 Å². The molecule has 3 heteroatoms. The highest BCUT2D eigenvalue weighted by molar-refractivity contribution is 9.09. The van der Waals surface area contributed by atoms with E-state index in [9.17, 15) is 4.79 Å². The van der Waals surface area contributed by atoms with E-state index in [0.29, 0.717) is 0 Å². The Morgan fingerprint density at radius 3 is 2.64 bits per heavy atom. The number of carbonyl (C=O) groups is 1. The van der Waals surface area contributed by atoms with E-state index in [1.54, 1.807) is 0 Å². The van der Waals surface area contributed by atoms with Gasteiger partial charge in [0.15, 0.2) is 0 Å². The molecule has 0 aromatic heterocycles. The van der Waals surface area contributed by atoms with Gasteiger partial charge in [-0.15, -0.1) is 0 Å². The summed E-state index contributed by atoms with van der Waals surface area (Å²) in [5.41, 5.74) is -0.0313. The number of halogens is 1. The Hall–Kier alpha value is -0.0500. The van der Waals surface area contributed by atoms with Crippen LogP contribution in [-0.2, 0) is 4.79 Å². The van der Waals surface area contributed by atoms with Gasteiger partial charge in [0.05, 0.1) is 0 Å². The molecular weight excluding hydrogens is 206 g/mol. The minimum atomic E-state index is -0.0313. The van der Waals surface area contributed by atoms with Gasteiger partial charge in [0.1, 0.15) is 0 Å². The average Bonchev–Trinajstić information content (AvgIpc) is 2.69. The number of alkyl halides is 1. The van der Waals surface area contributed by atoms with Crippen LogP contribution >= 0.6 is 15.9 Å². The van der Waals surface area contributed by atoms with Gasteiger partial charge in [0.25, 0.3) is 0 Å². The molecule has 1 amide bonds. The fraction of sp³-hybridized carbons (Fsp3) is 0.875. The molecule has 1 unspecified atom stereocenters. The Morgan fingerprint density at radius 1 is 1.73 bits per heavy atom. The maximum absolute atomic E-state index is 11.4. The lowest BCUT2D eigenvalue weighted by Crippen LogP contribution is -2.38. The smallest absolute Gasteiger partial charge is 0.226 e. The molecule has 0 spiro atoms. The fourth-order valence-corrected chi connectivity index (χ4v) is 1.01. The lowest BCUT2D eigenvalue weighted by molar-refractivity contribution is -0.126. The lowest BCUT2D eigenvalue weighted by Gasteiger charge is -2.14. The monoisotopic (exact) mass is 219 g/mol. The maximum atomic E-state index is 11.4. The lowest BCUT2D eigenvalue weighted by atomic mass is 10.1. The van der Waals surface area contributed by atoms with Crippen LogP contribution < -0.4 is 5.32 Å². The minimum absolute atomic E-state index is 0.0313. The maximum Gasteiger partial charge on any atom is 0.226 e. The van der Waals surface area contributed by atoms with Crippen LogP contribution in [0.3, 0.4) is 0 Å². The van der Waals surface area contributed by atoms with E-state index in [0.717, 1.165) is 18.2 Å². The summed E-state index contributed by atoms with van der Waals surface area (Å²) in [5.74, 6) is 0.212. The van der Waals surface area contributed by atoms with Crippen molar-refractivity contribution in [3.05, 3.63) is 0 Å². The Balaban J connectivity index is 2.32. The third-order valence-electron chi connectivity index (χ3n) is 2.16. The predicted molar refractivity (Wildman–Crippen MR) is 48.7 cm³/mol. The van der Waals surface area contributed by atoms with Gasteiger partial charge in [0, 0.05) is 16.8 Å². The molecule has 0 saturated heterocycles. The third kappa shape index (κ3) is 2.19. The van der Waals surface area contributed by atoms with Crippen molar-refractivity contribution < 1.29 is 4.79 Å². The van der Waals surface area contributed by atoms with Crippen LogP contribution in [0.5, 0.6) is 0 Å². The number of hydrogen-bond acceptors (Lipinski definition) is 1. The number of carbonyl (C=O) groups excluding carboxylic acids is 1. The summed E-state index contributed by atoms with van der Waals surface area (Å²) in [7, 11) is 0. The Morgan fingerprint density at radius 2 is 2.27 bits per heavy atom. The first-order chi connectivity index (χ1) is 5.08. The van der Waals surface area contributed by atoms with Gasteiger partial charge in [-0.1, -0.05) is 22.9 Å². The van der Waals surface area contributed by atoms with Crippen LogP contribution in [0.15, 0.2) is 0 Å². The van der Waals surface area contributed by atoms with Gasteiger partial charge >= 0.3 is 0 Å². The zero-order chi connectivity index (χ0) is 8.48. The average molecular weight is 220 g/mol. The molecule has 0 aliphatic heterocycles. The highest BCUT2D eigenvalue weighted by Crippen LogP contribution is 2.45. The molecular formula is C8H14BrNO. The van der Waals surface area contributed by atoms with Crippen molar-refractivity contribution in [3.63, 3.8) is 0 Å². The summed E-state index contributed by atoms with van der Waals surface area (Å²) in [5, 5.41) is 3.77. The van der Waals surface area contributed by atoms with Crippen LogP contribution in [0.1, 0.15) is 26.7 Å². The number of amides is 1. The van der Waals surface area contributed by atoms with Gasteiger partial charge in [-0.25, -0.2) is 0 Å². The second-order valence-electron chi connectivity index (χ2n) is 3.59. The van der Waals surface area contributed by atoms with E-state index in [4.69, 9.17) is 0 Å². The molecule has 1 atom stereocenters. The number of rotatable bonds is 3. The number of nitrogens with one attached hydrogen (secondary N) is 1. The Kier molecular flexibility index (Phi) is 2.58. The zero-order valence-electron chi connectivity index (χ0n) is 6.98. The minimum Gasteiger partial charge on any atom is -0.352 e. The third-order valence-corrected chi connectivity index (χ3v) is 3.13. The van der Waals surface area contributed by atoms with Crippen LogP contribution in [0.25, 0.3) is 0 Å². The quantitative estimate of drug-likeness (QED) is 0.720. The zero-order valence-corrected chi connectivity index (χ0v) is 8.57. The van der Waals surface area contributed by atoms with Crippen molar-refractivity contribution in [3.8, 4) is 0 Å². The van der Waals surface area contributed by atoms with Crippen LogP contribution in [0.2, 0.25) is 0 Å². The molecule has 2 nitrogen and oxygen atoms in total. The molecule has 1 rings (SSSR count). The van der Waals surface area contributed by atoms with Crippen LogP contribution in [-0.4, -0.2) is 17.3 Å². The summed E-state index contributed by atoms with van der Waals surface area (Å²) in [4.78, 5) is 11.4. The highest BCUT2D eigenvalue weighted by Gasteiger charge is 2.44. The van der Waals surface area contributed by atoms with E-state index >= 15 is 0 Å². The second kappa shape index (κ2) is 3.13. The first-order valence-electron chi connectivity index (χ1n) is 3.95. The normalized spacial score (nSPS) is 22.5. The summed E-state index contributed by atoms with van der Waals surface area (Å²) >= 11 is 3.32. The Bertz CT molecular complexity index is 165. The molecule has 1 aliphatic rings. The molecule has 1 N–H and O–H groups in total. The van der Waals surface area contributed by atoms with E-state index in [1.807, 2.05) is 13.8 Å². The fourth-order valence-electron chi connectivity index (χ4n) is 0.851. The molecule has 1 saturated carbocycles. The molecule has 0 aromatic rings. The van der Waals surface area contributed by atoms with Gasteiger partial charge in [-0.2, -0.15) is 0 Å². The summed E-state index contributed by atoms with van der Waals surface area (Å²) in [6.07, 6.45) is 2.10. The van der Waals surface area contributed by atoms with E-state index < -0.39 is 0 Å². The summed E-state index contributed by atoms with van der Waals surface area (Å²) < 4.78 is 0. The SMILES string of the molecule is CC(CBr)NC(=O)C1(C)CC1. The first-order valence-corrected chi connectivity index (χ1v) is 5.07.